The van der Waals surface area contributed by atoms with Gasteiger partial charge in [-0.1, -0.05) is 45.1 Å². The van der Waals surface area contributed by atoms with E-state index in [0.29, 0.717) is 5.92 Å². The third-order valence-corrected chi connectivity index (χ3v) is 3.12. The Morgan fingerprint density at radius 2 is 1.87 bits per heavy atom. The average molecular weight is 206 g/mol. The molecule has 15 heavy (non-hydrogen) atoms. The monoisotopic (exact) mass is 206 g/mol. The van der Waals surface area contributed by atoms with Crippen LogP contribution in [0.1, 0.15) is 47.5 Å². The van der Waals surface area contributed by atoms with Crippen LogP contribution < -0.4 is 0 Å². The van der Waals surface area contributed by atoms with Gasteiger partial charge < -0.3 is 5.11 Å². The molecule has 0 aliphatic heterocycles. The maximum atomic E-state index is 9.21. The summed E-state index contributed by atoms with van der Waals surface area (Å²) in [5.41, 5.74) is 2.94. The smallest absolute Gasteiger partial charge is 0.112 e. The number of rotatable bonds is 1. The maximum absolute atomic E-state index is 9.21. The van der Waals surface area contributed by atoms with E-state index in [0.717, 1.165) is 6.42 Å². The number of hydrogen-bond donors (Lipinski definition) is 1. The normalized spacial score (nSPS) is 21.5. The van der Waals surface area contributed by atoms with E-state index in [2.05, 4.69) is 39.5 Å². The Morgan fingerprint density at radius 3 is 2.33 bits per heavy atom. The first kappa shape index (κ1) is 12.3. The van der Waals surface area contributed by atoms with Crippen LogP contribution in [0.5, 0.6) is 0 Å². The van der Waals surface area contributed by atoms with Crippen molar-refractivity contribution in [2.24, 2.45) is 11.3 Å². The first-order valence-electron chi connectivity index (χ1n) is 5.77. The van der Waals surface area contributed by atoms with Crippen LogP contribution in [0.3, 0.4) is 0 Å². The summed E-state index contributed by atoms with van der Waals surface area (Å²) in [6.45, 7) is 10.6. The quantitative estimate of drug-likeness (QED) is 0.653. The van der Waals surface area contributed by atoms with Gasteiger partial charge in [0.1, 0.15) is 6.10 Å². The molecule has 1 N–H and O–H groups in total. The van der Waals surface area contributed by atoms with Gasteiger partial charge in [-0.05, 0) is 31.1 Å². The molecule has 0 radical (unpaired) electrons. The van der Waals surface area contributed by atoms with Crippen molar-refractivity contribution in [2.75, 3.05) is 0 Å². The van der Waals surface area contributed by atoms with Gasteiger partial charge in [0.15, 0.2) is 0 Å². The van der Waals surface area contributed by atoms with Crippen molar-refractivity contribution >= 4 is 0 Å². The van der Waals surface area contributed by atoms with E-state index in [9.17, 15) is 5.11 Å². The molecule has 0 saturated carbocycles. The fraction of sp³-hybridized carbons (Fsp3) is 0.714. The van der Waals surface area contributed by atoms with Gasteiger partial charge in [0.2, 0.25) is 0 Å². The molecule has 84 valence electrons. The van der Waals surface area contributed by atoms with E-state index in [1.165, 1.54) is 17.6 Å². The van der Waals surface area contributed by atoms with E-state index in [1.807, 2.05) is 0 Å². The minimum atomic E-state index is -0.526. The highest BCUT2D eigenvalue weighted by molar-refractivity contribution is 5.43. The summed E-state index contributed by atoms with van der Waals surface area (Å²) in [6.07, 6.45) is 1.82. The fourth-order valence-electron chi connectivity index (χ4n) is 2.14. The lowest BCUT2D eigenvalue weighted by molar-refractivity contribution is 0.253. The molecule has 0 aromatic rings. The molecule has 1 aliphatic carbocycles. The van der Waals surface area contributed by atoms with Gasteiger partial charge in [-0.2, -0.15) is 0 Å². The highest BCUT2D eigenvalue weighted by Crippen LogP contribution is 2.44. The fourth-order valence-corrected chi connectivity index (χ4v) is 2.14. The van der Waals surface area contributed by atoms with Crippen LogP contribution in [-0.4, -0.2) is 11.2 Å². The molecule has 1 nitrogen and oxygen atoms in total. The zero-order valence-electron chi connectivity index (χ0n) is 10.5. The molecule has 0 spiro atoms. The van der Waals surface area contributed by atoms with Crippen LogP contribution in [0, 0.1) is 23.2 Å². The van der Waals surface area contributed by atoms with Gasteiger partial charge >= 0.3 is 0 Å². The Balaban J connectivity index is 3.07. The molecule has 0 aromatic carbocycles. The predicted molar refractivity (Wildman–Crippen MR) is 64.3 cm³/mol. The molecule has 0 amide bonds. The van der Waals surface area contributed by atoms with E-state index < -0.39 is 6.10 Å². The van der Waals surface area contributed by atoms with Crippen molar-refractivity contribution in [3.8, 4) is 11.8 Å². The lowest BCUT2D eigenvalue weighted by Gasteiger charge is -2.19. The zero-order chi connectivity index (χ0) is 11.6. The molecular formula is C14H22O. The van der Waals surface area contributed by atoms with Crippen molar-refractivity contribution < 1.29 is 5.11 Å². The van der Waals surface area contributed by atoms with Gasteiger partial charge in [0.05, 0.1) is 0 Å². The van der Waals surface area contributed by atoms with E-state index in [1.54, 1.807) is 6.92 Å². The van der Waals surface area contributed by atoms with Crippen LogP contribution in [-0.2, 0) is 0 Å². The number of aliphatic hydroxyl groups is 1. The average Bonchev–Trinajstić information content (AvgIpc) is 2.37. The number of aliphatic hydroxyl groups excluding tert-OH is 1. The summed E-state index contributed by atoms with van der Waals surface area (Å²) in [7, 11) is 0. The molecule has 1 atom stereocenters. The third-order valence-electron chi connectivity index (χ3n) is 3.12. The SMILES string of the molecule is CC(O)C#CC1=C(C(C)C)CCC1(C)C. The molecule has 0 saturated heterocycles. The van der Waals surface area contributed by atoms with Crippen molar-refractivity contribution in [1.82, 2.24) is 0 Å². The second kappa shape index (κ2) is 4.41. The van der Waals surface area contributed by atoms with Gasteiger partial charge in [-0.25, -0.2) is 0 Å². The molecule has 0 heterocycles. The molecule has 0 bridgehead atoms. The molecule has 1 heteroatoms. The standard InChI is InChI=1S/C14H22O/c1-10(2)12-8-9-14(4,5)13(12)7-6-11(3)15/h10-11,15H,8-9H2,1-5H3. The Morgan fingerprint density at radius 1 is 1.27 bits per heavy atom. The van der Waals surface area contributed by atoms with Crippen LogP contribution in [0.25, 0.3) is 0 Å². The Labute approximate surface area is 93.6 Å². The van der Waals surface area contributed by atoms with Gasteiger partial charge in [-0.15, -0.1) is 0 Å². The summed E-state index contributed by atoms with van der Waals surface area (Å²) in [6, 6.07) is 0. The van der Waals surface area contributed by atoms with Crippen LogP contribution in [0.4, 0.5) is 0 Å². The van der Waals surface area contributed by atoms with E-state index >= 15 is 0 Å². The highest BCUT2D eigenvalue weighted by atomic mass is 16.3. The van der Waals surface area contributed by atoms with Crippen LogP contribution in [0.2, 0.25) is 0 Å². The van der Waals surface area contributed by atoms with Crippen LogP contribution in [0.15, 0.2) is 11.1 Å². The molecule has 1 unspecified atom stereocenters. The molecule has 0 fully saturated rings. The van der Waals surface area contributed by atoms with Gasteiger partial charge in [-0.3, -0.25) is 0 Å². The summed E-state index contributed by atoms with van der Waals surface area (Å²) in [5, 5.41) is 9.21. The van der Waals surface area contributed by atoms with E-state index in [4.69, 9.17) is 0 Å². The van der Waals surface area contributed by atoms with Crippen molar-refractivity contribution in [1.29, 1.82) is 0 Å². The van der Waals surface area contributed by atoms with E-state index in [-0.39, 0.29) is 5.41 Å². The Bertz CT molecular complexity index is 321. The molecule has 0 aromatic heterocycles. The lowest BCUT2D eigenvalue weighted by Crippen LogP contribution is -2.10. The van der Waals surface area contributed by atoms with Gasteiger partial charge in [0, 0.05) is 5.57 Å². The topological polar surface area (TPSA) is 20.2 Å². The minimum absolute atomic E-state index is 0.196. The maximum Gasteiger partial charge on any atom is 0.112 e. The Hall–Kier alpha value is -0.740. The minimum Gasteiger partial charge on any atom is -0.381 e. The largest absolute Gasteiger partial charge is 0.381 e. The predicted octanol–water partition coefficient (Wildman–Crippen LogP) is 3.14. The van der Waals surface area contributed by atoms with Gasteiger partial charge in [0.25, 0.3) is 0 Å². The highest BCUT2D eigenvalue weighted by Gasteiger charge is 2.32. The lowest BCUT2D eigenvalue weighted by atomic mass is 9.85. The molecule has 1 rings (SSSR count). The van der Waals surface area contributed by atoms with Crippen molar-refractivity contribution in [2.45, 2.75) is 53.6 Å². The molecular weight excluding hydrogens is 184 g/mol. The number of hydrogen-bond acceptors (Lipinski definition) is 1. The summed E-state index contributed by atoms with van der Waals surface area (Å²) >= 11 is 0. The summed E-state index contributed by atoms with van der Waals surface area (Å²) < 4.78 is 0. The zero-order valence-corrected chi connectivity index (χ0v) is 10.5. The first-order chi connectivity index (χ1) is 6.84. The van der Waals surface area contributed by atoms with Crippen molar-refractivity contribution in [3.63, 3.8) is 0 Å². The second-order valence-corrected chi connectivity index (χ2v) is 5.38. The van der Waals surface area contributed by atoms with Crippen LogP contribution >= 0.6 is 0 Å². The second-order valence-electron chi connectivity index (χ2n) is 5.38. The molecule has 1 aliphatic rings. The summed E-state index contributed by atoms with van der Waals surface area (Å²) in [5.74, 6) is 6.63. The van der Waals surface area contributed by atoms with Crippen molar-refractivity contribution in [3.05, 3.63) is 11.1 Å². The third kappa shape index (κ3) is 2.86. The summed E-state index contributed by atoms with van der Waals surface area (Å²) in [4.78, 5) is 0. The first-order valence-corrected chi connectivity index (χ1v) is 5.77. The number of allylic oxidation sites excluding steroid dienone is 2. The Kier molecular flexibility index (Phi) is 3.62.